The fourth-order valence-corrected chi connectivity index (χ4v) is 4.36. The van der Waals surface area contributed by atoms with Crippen LogP contribution in [0.5, 0.6) is 0 Å². The van der Waals surface area contributed by atoms with E-state index in [1.54, 1.807) is 0 Å². The van der Waals surface area contributed by atoms with Crippen LogP contribution in [0.3, 0.4) is 0 Å². The van der Waals surface area contributed by atoms with E-state index in [0.29, 0.717) is 6.04 Å². The number of hydrogen-bond donors (Lipinski definition) is 0. The first kappa shape index (κ1) is 16.8. The van der Waals surface area contributed by atoms with Crippen molar-refractivity contribution < 1.29 is 0 Å². The van der Waals surface area contributed by atoms with Crippen LogP contribution in [0.4, 0.5) is 5.69 Å². The molecule has 1 unspecified atom stereocenters. The monoisotopic (exact) mass is 338 g/mol. The minimum Gasteiger partial charge on any atom is -0.369 e. The van der Waals surface area contributed by atoms with Gasteiger partial charge in [0.15, 0.2) is 0 Å². The lowest BCUT2D eigenvalue weighted by Crippen LogP contribution is -2.50. The molecule has 2 aliphatic heterocycles. The second-order valence-corrected chi connectivity index (χ2v) is 7.36. The Morgan fingerprint density at radius 2 is 1.84 bits per heavy atom. The Balaban J connectivity index is 1.53. The zero-order valence-corrected chi connectivity index (χ0v) is 15.6. The van der Waals surface area contributed by atoms with Crippen LogP contribution in [0, 0.1) is 0 Å². The molecule has 1 aromatic carbocycles. The van der Waals surface area contributed by atoms with Crippen molar-refractivity contribution in [2.45, 2.75) is 32.7 Å². The molecule has 1 atom stereocenters. The minimum atomic E-state index is 0.705. The van der Waals surface area contributed by atoms with Gasteiger partial charge < -0.3 is 9.80 Å². The van der Waals surface area contributed by atoms with Crippen molar-refractivity contribution in [1.82, 2.24) is 14.8 Å². The fraction of sp³-hybridized carbons (Fsp3) is 0.571. The van der Waals surface area contributed by atoms with Crippen LogP contribution in [-0.4, -0.2) is 66.6 Å². The number of piperazine rings is 1. The van der Waals surface area contributed by atoms with Crippen molar-refractivity contribution in [2.75, 3.05) is 50.7 Å². The zero-order valence-electron chi connectivity index (χ0n) is 15.6. The van der Waals surface area contributed by atoms with Crippen molar-refractivity contribution in [3.63, 3.8) is 0 Å². The lowest BCUT2D eigenvalue weighted by molar-refractivity contribution is 0.107. The molecule has 0 N–H and O–H groups in total. The molecule has 0 bridgehead atoms. The lowest BCUT2D eigenvalue weighted by atomic mass is 10.1. The Morgan fingerprint density at radius 3 is 2.60 bits per heavy atom. The van der Waals surface area contributed by atoms with E-state index in [1.165, 1.54) is 55.9 Å². The van der Waals surface area contributed by atoms with E-state index in [0.717, 1.165) is 25.0 Å². The standard InChI is InChI=1S/C21H30N4/c1-3-17-15-21(19-7-5-6-8-20(19)22-17)25-10-9-18(16-25)24-13-11-23(4-2)12-14-24/h5-8,15,18H,3-4,9-14,16H2,1-2H3. The first-order valence-electron chi connectivity index (χ1n) is 9.88. The third kappa shape index (κ3) is 3.38. The molecule has 0 amide bonds. The number of aryl methyl sites for hydroxylation is 1. The van der Waals surface area contributed by atoms with Crippen LogP contribution in [-0.2, 0) is 6.42 Å². The number of nitrogens with zero attached hydrogens (tertiary/aromatic N) is 4. The maximum absolute atomic E-state index is 4.81. The molecule has 134 valence electrons. The second kappa shape index (κ2) is 7.30. The van der Waals surface area contributed by atoms with Gasteiger partial charge in [-0.15, -0.1) is 0 Å². The Labute approximate surface area is 151 Å². The van der Waals surface area contributed by atoms with E-state index in [1.807, 2.05) is 0 Å². The highest BCUT2D eigenvalue weighted by atomic mass is 15.3. The average molecular weight is 338 g/mol. The van der Waals surface area contributed by atoms with E-state index in [4.69, 9.17) is 4.98 Å². The highest BCUT2D eigenvalue weighted by molar-refractivity contribution is 5.92. The van der Waals surface area contributed by atoms with E-state index in [9.17, 15) is 0 Å². The summed E-state index contributed by atoms with van der Waals surface area (Å²) in [5.41, 5.74) is 3.72. The number of pyridine rings is 1. The number of likely N-dealkylation sites (N-methyl/N-ethyl adjacent to an activating group) is 1. The van der Waals surface area contributed by atoms with E-state index < -0.39 is 0 Å². The van der Waals surface area contributed by atoms with Crippen molar-refractivity contribution in [2.24, 2.45) is 0 Å². The molecule has 2 fully saturated rings. The van der Waals surface area contributed by atoms with Crippen LogP contribution in [0.25, 0.3) is 10.9 Å². The summed E-state index contributed by atoms with van der Waals surface area (Å²) >= 11 is 0. The van der Waals surface area contributed by atoms with Gasteiger partial charge in [0.2, 0.25) is 0 Å². The first-order valence-corrected chi connectivity index (χ1v) is 9.88. The Kier molecular flexibility index (Phi) is 4.91. The van der Waals surface area contributed by atoms with Gasteiger partial charge in [-0.3, -0.25) is 9.88 Å². The smallest absolute Gasteiger partial charge is 0.0726 e. The van der Waals surface area contributed by atoms with Gasteiger partial charge in [0, 0.05) is 62.1 Å². The molecule has 25 heavy (non-hydrogen) atoms. The summed E-state index contributed by atoms with van der Waals surface area (Å²) in [6.07, 6.45) is 2.28. The third-order valence-corrected chi connectivity index (χ3v) is 5.98. The largest absolute Gasteiger partial charge is 0.369 e. The quantitative estimate of drug-likeness (QED) is 0.855. The number of benzene rings is 1. The summed E-state index contributed by atoms with van der Waals surface area (Å²) in [5, 5.41) is 1.30. The van der Waals surface area contributed by atoms with Gasteiger partial charge >= 0.3 is 0 Å². The van der Waals surface area contributed by atoms with Gasteiger partial charge in [0.1, 0.15) is 0 Å². The number of hydrogen-bond acceptors (Lipinski definition) is 4. The van der Waals surface area contributed by atoms with Crippen molar-refractivity contribution in [3.05, 3.63) is 36.0 Å². The minimum absolute atomic E-state index is 0.705. The Morgan fingerprint density at radius 1 is 1.04 bits per heavy atom. The highest BCUT2D eigenvalue weighted by Crippen LogP contribution is 2.31. The van der Waals surface area contributed by atoms with Gasteiger partial charge in [-0.2, -0.15) is 0 Å². The van der Waals surface area contributed by atoms with Crippen LogP contribution < -0.4 is 4.90 Å². The third-order valence-electron chi connectivity index (χ3n) is 5.98. The van der Waals surface area contributed by atoms with Crippen LogP contribution in [0.2, 0.25) is 0 Å². The molecule has 4 rings (SSSR count). The van der Waals surface area contributed by atoms with E-state index in [-0.39, 0.29) is 0 Å². The van der Waals surface area contributed by atoms with Gasteiger partial charge in [-0.25, -0.2) is 0 Å². The van der Waals surface area contributed by atoms with Crippen molar-refractivity contribution in [3.8, 4) is 0 Å². The summed E-state index contributed by atoms with van der Waals surface area (Å²) in [6, 6.07) is 11.6. The maximum Gasteiger partial charge on any atom is 0.0726 e. The first-order chi connectivity index (χ1) is 12.3. The summed E-state index contributed by atoms with van der Waals surface area (Å²) in [5.74, 6) is 0. The topological polar surface area (TPSA) is 22.6 Å². The van der Waals surface area contributed by atoms with E-state index in [2.05, 4.69) is 58.9 Å². The second-order valence-electron chi connectivity index (χ2n) is 7.36. The summed E-state index contributed by atoms with van der Waals surface area (Å²) in [6.45, 7) is 12.9. The number of aromatic nitrogens is 1. The molecule has 0 aliphatic carbocycles. The van der Waals surface area contributed by atoms with Gasteiger partial charge in [-0.05, 0) is 31.5 Å². The predicted octanol–water partition coefficient (Wildman–Crippen LogP) is 3.01. The van der Waals surface area contributed by atoms with Gasteiger partial charge in [0.05, 0.1) is 5.52 Å². The Bertz CT molecular complexity index is 721. The number of para-hydroxylation sites is 1. The predicted molar refractivity (Wildman–Crippen MR) is 105 cm³/mol. The molecule has 0 saturated carbocycles. The van der Waals surface area contributed by atoms with Gasteiger partial charge in [-0.1, -0.05) is 32.0 Å². The fourth-order valence-electron chi connectivity index (χ4n) is 4.36. The summed E-state index contributed by atoms with van der Waals surface area (Å²) in [7, 11) is 0. The van der Waals surface area contributed by atoms with Crippen LogP contribution in [0.1, 0.15) is 26.0 Å². The Hall–Kier alpha value is -1.65. The molecule has 2 aliphatic rings. The number of fused-ring (bicyclic) bond motifs is 1. The molecule has 4 nitrogen and oxygen atoms in total. The zero-order chi connectivity index (χ0) is 17.2. The summed E-state index contributed by atoms with van der Waals surface area (Å²) < 4.78 is 0. The molecule has 2 aromatic rings. The SMILES string of the molecule is CCc1cc(N2CCC(N3CCN(CC)CC3)C2)c2ccccc2n1. The molecule has 4 heteroatoms. The molecule has 3 heterocycles. The highest BCUT2D eigenvalue weighted by Gasteiger charge is 2.30. The maximum atomic E-state index is 4.81. The summed E-state index contributed by atoms with van der Waals surface area (Å²) in [4.78, 5) is 12.7. The molecule has 0 radical (unpaired) electrons. The number of rotatable bonds is 4. The molecule has 1 aromatic heterocycles. The molecule has 2 saturated heterocycles. The van der Waals surface area contributed by atoms with Crippen molar-refractivity contribution >= 4 is 16.6 Å². The van der Waals surface area contributed by atoms with Crippen LogP contribution >= 0.6 is 0 Å². The van der Waals surface area contributed by atoms with E-state index >= 15 is 0 Å². The average Bonchev–Trinajstić information content (AvgIpc) is 3.17. The molecular formula is C21H30N4. The normalized spacial score (nSPS) is 22.8. The molecular weight excluding hydrogens is 308 g/mol. The van der Waals surface area contributed by atoms with Crippen molar-refractivity contribution in [1.29, 1.82) is 0 Å². The lowest BCUT2D eigenvalue weighted by Gasteiger charge is -2.37. The van der Waals surface area contributed by atoms with Crippen LogP contribution in [0.15, 0.2) is 30.3 Å². The molecule has 0 spiro atoms. The number of anilines is 1. The van der Waals surface area contributed by atoms with Gasteiger partial charge in [0.25, 0.3) is 0 Å².